The van der Waals surface area contributed by atoms with Crippen LogP contribution in [-0.4, -0.2) is 30.5 Å². The summed E-state index contributed by atoms with van der Waals surface area (Å²) < 4.78 is 5.82. The van der Waals surface area contributed by atoms with Crippen molar-refractivity contribution in [1.29, 1.82) is 0 Å². The van der Waals surface area contributed by atoms with E-state index in [-0.39, 0.29) is 5.91 Å². The van der Waals surface area contributed by atoms with Gasteiger partial charge in [0.15, 0.2) is 0 Å². The first-order chi connectivity index (χ1) is 12.5. The maximum atomic E-state index is 12.9. The fraction of sp³-hybridized carbons (Fsp3) is 0.300. The van der Waals surface area contributed by atoms with Crippen molar-refractivity contribution >= 4 is 29.1 Å². The fourth-order valence-corrected chi connectivity index (χ4v) is 3.12. The Morgan fingerprint density at radius 3 is 2.58 bits per heavy atom. The number of para-hydroxylation sites is 2. The lowest BCUT2D eigenvalue weighted by Gasteiger charge is -2.39. The number of hydrogen-bond donors (Lipinski definition) is 1. The molecule has 2 amide bonds. The van der Waals surface area contributed by atoms with Crippen LogP contribution in [-0.2, 0) is 16.0 Å². The first-order valence-electron chi connectivity index (χ1n) is 8.58. The number of benzene rings is 2. The summed E-state index contributed by atoms with van der Waals surface area (Å²) in [5.74, 6) is -0.267. The van der Waals surface area contributed by atoms with Gasteiger partial charge in [0.2, 0.25) is 0 Å². The third-order valence-corrected chi connectivity index (χ3v) is 4.74. The molecule has 0 fully saturated rings. The summed E-state index contributed by atoms with van der Waals surface area (Å²) in [6.45, 7) is 4.26. The Labute approximate surface area is 157 Å². The van der Waals surface area contributed by atoms with Crippen molar-refractivity contribution in [2.24, 2.45) is 0 Å². The van der Waals surface area contributed by atoms with Crippen LogP contribution in [0, 0.1) is 0 Å². The van der Waals surface area contributed by atoms with E-state index in [2.05, 4.69) is 5.32 Å². The molecule has 6 heteroatoms. The van der Waals surface area contributed by atoms with Crippen molar-refractivity contribution in [1.82, 2.24) is 5.32 Å². The van der Waals surface area contributed by atoms with Gasteiger partial charge < -0.3 is 15.0 Å². The lowest BCUT2D eigenvalue weighted by atomic mass is 9.99. The lowest BCUT2D eigenvalue weighted by molar-refractivity contribution is -0.148. The molecule has 2 aromatic carbocycles. The zero-order valence-corrected chi connectivity index (χ0v) is 15.5. The molecule has 26 heavy (non-hydrogen) atoms. The Hall–Kier alpha value is -2.53. The van der Waals surface area contributed by atoms with Crippen LogP contribution in [0.5, 0.6) is 5.75 Å². The smallest absolute Gasteiger partial charge is 0.280 e. The second kappa shape index (κ2) is 7.38. The summed E-state index contributed by atoms with van der Waals surface area (Å²) >= 11 is 5.87. The van der Waals surface area contributed by atoms with Crippen LogP contribution in [0.25, 0.3) is 0 Å². The molecule has 0 bridgehead atoms. The largest absolute Gasteiger partial charge is 0.466 e. The topological polar surface area (TPSA) is 58.6 Å². The van der Waals surface area contributed by atoms with E-state index in [0.29, 0.717) is 36.0 Å². The van der Waals surface area contributed by atoms with E-state index in [1.807, 2.05) is 49.4 Å². The minimum absolute atomic E-state index is 0.359. The number of nitrogens with zero attached hydrogens (tertiary/aromatic N) is 1. The number of fused-ring (bicyclic) bond motifs is 1. The van der Waals surface area contributed by atoms with Crippen LogP contribution in [0.2, 0.25) is 5.02 Å². The number of ether oxygens (including phenoxy) is 1. The van der Waals surface area contributed by atoms with E-state index < -0.39 is 11.5 Å². The molecule has 0 saturated carbocycles. The van der Waals surface area contributed by atoms with Gasteiger partial charge in [-0.1, -0.05) is 35.9 Å². The second-order valence-corrected chi connectivity index (χ2v) is 6.72. The molecule has 136 valence electrons. The average Bonchev–Trinajstić information content (AvgIpc) is 2.64. The molecule has 0 spiro atoms. The predicted molar refractivity (Wildman–Crippen MR) is 102 cm³/mol. The maximum absolute atomic E-state index is 12.9. The predicted octanol–water partition coefficient (Wildman–Crippen LogP) is 3.20. The van der Waals surface area contributed by atoms with Crippen molar-refractivity contribution in [2.45, 2.75) is 25.9 Å². The van der Waals surface area contributed by atoms with Crippen LogP contribution < -0.4 is 15.0 Å². The molecule has 2 aromatic rings. The zero-order valence-electron chi connectivity index (χ0n) is 14.8. The van der Waals surface area contributed by atoms with Crippen molar-refractivity contribution < 1.29 is 14.3 Å². The van der Waals surface area contributed by atoms with E-state index in [9.17, 15) is 9.59 Å². The first-order valence-corrected chi connectivity index (χ1v) is 8.96. The van der Waals surface area contributed by atoms with Gasteiger partial charge in [-0.2, -0.15) is 0 Å². The average molecular weight is 373 g/mol. The lowest BCUT2D eigenvalue weighted by Crippen LogP contribution is -2.62. The van der Waals surface area contributed by atoms with E-state index >= 15 is 0 Å². The molecule has 0 aromatic heterocycles. The Morgan fingerprint density at radius 2 is 1.88 bits per heavy atom. The number of amides is 2. The Kier molecular flexibility index (Phi) is 5.18. The molecule has 1 unspecified atom stereocenters. The number of nitrogens with one attached hydrogen (secondary N) is 1. The number of likely N-dealkylation sites (N-methyl/N-ethyl adjacent to an activating group) is 1. The second-order valence-electron chi connectivity index (χ2n) is 6.28. The van der Waals surface area contributed by atoms with E-state index in [1.165, 1.54) is 6.92 Å². The highest BCUT2D eigenvalue weighted by Crippen LogP contribution is 2.37. The van der Waals surface area contributed by atoms with E-state index in [1.54, 1.807) is 11.0 Å². The molecule has 5 nitrogen and oxygen atoms in total. The number of rotatable bonds is 5. The van der Waals surface area contributed by atoms with Crippen LogP contribution in [0.3, 0.4) is 0 Å². The molecule has 1 atom stereocenters. The van der Waals surface area contributed by atoms with Gasteiger partial charge in [-0.25, -0.2) is 0 Å². The third kappa shape index (κ3) is 3.40. The molecule has 1 aliphatic rings. The summed E-state index contributed by atoms with van der Waals surface area (Å²) in [6, 6.07) is 14.7. The van der Waals surface area contributed by atoms with E-state index in [4.69, 9.17) is 16.3 Å². The quantitative estimate of drug-likeness (QED) is 0.820. The van der Waals surface area contributed by atoms with Crippen LogP contribution in [0.4, 0.5) is 5.69 Å². The van der Waals surface area contributed by atoms with Gasteiger partial charge in [-0.3, -0.25) is 9.59 Å². The highest BCUT2D eigenvalue weighted by atomic mass is 35.5. The van der Waals surface area contributed by atoms with E-state index in [0.717, 1.165) is 5.56 Å². The van der Waals surface area contributed by atoms with Gasteiger partial charge in [0.05, 0.1) is 5.69 Å². The van der Waals surface area contributed by atoms with Gasteiger partial charge in [0.1, 0.15) is 5.75 Å². The van der Waals surface area contributed by atoms with Crippen LogP contribution >= 0.6 is 11.6 Å². The highest BCUT2D eigenvalue weighted by molar-refractivity contribution is 6.30. The molecule has 3 rings (SSSR count). The summed E-state index contributed by atoms with van der Waals surface area (Å²) in [4.78, 5) is 27.2. The summed E-state index contributed by atoms with van der Waals surface area (Å²) in [5, 5.41) is 3.49. The maximum Gasteiger partial charge on any atom is 0.280 e. The first kappa shape index (κ1) is 18.3. The number of anilines is 1. The summed E-state index contributed by atoms with van der Waals surface area (Å²) in [7, 11) is 0. The molecule has 0 radical (unpaired) electrons. The van der Waals surface area contributed by atoms with Gasteiger partial charge in [-0.05, 0) is 50.1 Å². The molecular formula is C20H21ClN2O3. The van der Waals surface area contributed by atoms with Crippen molar-refractivity contribution in [3.8, 4) is 5.75 Å². The molecule has 1 N–H and O–H groups in total. The summed E-state index contributed by atoms with van der Waals surface area (Å²) in [5.41, 5.74) is 0.160. The van der Waals surface area contributed by atoms with Gasteiger partial charge in [0.25, 0.3) is 17.4 Å². The Morgan fingerprint density at radius 1 is 1.19 bits per heavy atom. The van der Waals surface area contributed by atoms with Crippen molar-refractivity contribution in [2.75, 3.05) is 18.0 Å². The zero-order chi connectivity index (χ0) is 18.7. The number of carbonyl (C=O) groups excluding carboxylic acids is 2. The number of carbonyl (C=O) groups is 2. The van der Waals surface area contributed by atoms with Crippen molar-refractivity contribution in [3.63, 3.8) is 0 Å². The molecular weight excluding hydrogens is 352 g/mol. The molecule has 0 saturated heterocycles. The Bertz CT molecular complexity index is 822. The van der Waals surface area contributed by atoms with Gasteiger partial charge in [0, 0.05) is 18.1 Å². The minimum Gasteiger partial charge on any atom is -0.466 e. The fourth-order valence-electron chi connectivity index (χ4n) is 2.99. The minimum atomic E-state index is -1.58. The standard InChI is InChI=1S/C20H21ClN2O3/c1-3-23-16-6-4-5-7-17(16)26-20(2,19(23)25)18(24)22-13-12-14-8-10-15(21)11-9-14/h4-11H,3,12-13H2,1-2H3,(H,22,24). The van der Waals surface area contributed by atoms with Gasteiger partial charge in [-0.15, -0.1) is 0 Å². The van der Waals surface area contributed by atoms with Gasteiger partial charge >= 0.3 is 0 Å². The summed E-state index contributed by atoms with van der Waals surface area (Å²) in [6.07, 6.45) is 0.640. The molecule has 1 heterocycles. The van der Waals surface area contributed by atoms with Crippen LogP contribution in [0.1, 0.15) is 19.4 Å². The normalized spacial score (nSPS) is 18.9. The monoisotopic (exact) mass is 372 g/mol. The Balaban J connectivity index is 1.71. The molecule has 0 aliphatic carbocycles. The SMILES string of the molecule is CCN1C(=O)C(C)(C(=O)NCCc2ccc(Cl)cc2)Oc2ccccc21. The van der Waals surface area contributed by atoms with Crippen LogP contribution in [0.15, 0.2) is 48.5 Å². The highest BCUT2D eigenvalue weighted by Gasteiger charge is 2.50. The molecule has 1 aliphatic heterocycles. The third-order valence-electron chi connectivity index (χ3n) is 4.49. The van der Waals surface area contributed by atoms with Crippen molar-refractivity contribution in [3.05, 3.63) is 59.1 Å². The number of hydrogen-bond acceptors (Lipinski definition) is 3. The number of halogens is 1.